The number of nitrogens with zero attached hydrogens (tertiary/aromatic N) is 1. The number of amides is 1. The highest BCUT2D eigenvalue weighted by Crippen LogP contribution is 2.19. The summed E-state index contributed by atoms with van der Waals surface area (Å²) in [4.78, 5) is 23.3. The number of carbonyl (C=O) groups is 2. The third kappa shape index (κ3) is 4.42. The lowest BCUT2D eigenvalue weighted by Gasteiger charge is -2.12. The van der Waals surface area contributed by atoms with E-state index in [-0.39, 0.29) is 11.4 Å². The van der Waals surface area contributed by atoms with E-state index in [2.05, 4.69) is 10.5 Å². The summed E-state index contributed by atoms with van der Waals surface area (Å²) >= 11 is 0. The van der Waals surface area contributed by atoms with Crippen molar-refractivity contribution in [3.8, 4) is 0 Å². The van der Waals surface area contributed by atoms with Crippen molar-refractivity contribution in [3.63, 3.8) is 0 Å². The number of esters is 1. The van der Waals surface area contributed by atoms with Gasteiger partial charge in [0.25, 0.3) is 5.91 Å². The Morgan fingerprint density at radius 1 is 1.23 bits per heavy atom. The van der Waals surface area contributed by atoms with Crippen LogP contribution in [0.3, 0.4) is 0 Å². The molecule has 1 atom stereocenters. The molecule has 1 heterocycles. The summed E-state index contributed by atoms with van der Waals surface area (Å²) < 4.78 is 57.3. The van der Waals surface area contributed by atoms with Gasteiger partial charge in [0.05, 0.1) is 10.5 Å². The van der Waals surface area contributed by atoms with E-state index in [0.717, 1.165) is 24.3 Å². The predicted molar refractivity (Wildman–Crippen MR) is 84.4 cm³/mol. The number of aryl methyl sites for hydroxylation is 1. The van der Waals surface area contributed by atoms with Crippen LogP contribution in [-0.2, 0) is 19.4 Å². The van der Waals surface area contributed by atoms with E-state index in [4.69, 9.17) is 9.26 Å². The maximum absolute atomic E-state index is 12.5. The Hall–Kier alpha value is -2.82. The maximum atomic E-state index is 12.5. The van der Waals surface area contributed by atoms with E-state index >= 15 is 0 Å². The van der Waals surface area contributed by atoms with E-state index < -0.39 is 38.5 Å². The Balaban J connectivity index is 2.01. The number of nitrogens with one attached hydrogen (secondary N) is 1. The van der Waals surface area contributed by atoms with Crippen LogP contribution in [0.15, 0.2) is 39.8 Å². The van der Waals surface area contributed by atoms with E-state index in [1.807, 2.05) is 0 Å². The third-order valence-corrected chi connectivity index (χ3v) is 4.58. The molecule has 0 radical (unpaired) electrons. The molecular formula is C15H14F2N2O6S. The molecule has 8 nitrogen and oxygen atoms in total. The summed E-state index contributed by atoms with van der Waals surface area (Å²) in [5.41, 5.74) is -0.102. The lowest BCUT2D eigenvalue weighted by atomic mass is 10.2. The number of alkyl halides is 2. The standard InChI is InChI=1S/C15H14F2N2O6S/c1-8-7-12(19-25-8)18-13(20)9(2)24-14(21)10-3-5-11(6-4-10)26(22,23)15(16)17/h3-7,9,15H,1-2H3,(H,18,19,20)/t9-/m0/s1. The fraction of sp³-hybridized carbons (Fsp3) is 0.267. The molecule has 0 saturated heterocycles. The highest BCUT2D eigenvalue weighted by atomic mass is 32.2. The summed E-state index contributed by atoms with van der Waals surface area (Å²) in [6, 6.07) is 5.23. The number of ether oxygens (including phenoxy) is 1. The minimum absolute atomic E-state index is 0.102. The van der Waals surface area contributed by atoms with Gasteiger partial charge in [0.1, 0.15) is 5.76 Å². The van der Waals surface area contributed by atoms with Gasteiger partial charge in [0, 0.05) is 6.07 Å². The van der Waals surface area contributed by atoms with E-state index in [9.17, 15) is 26.8 Å². The summed E-state index contributed by atoms with van der Waals surface area (Å²) in [6.45, 7) is 2.94. The molecule has 0 unspecified atom stereocenters. The number of rotatable bonds is 6. The zero-order chi connectivity index (χ0) is 19.5. The largest absolute Gasteiger partial charge is 0.449 e. The molecule has 0 fully saturated rings. The molecule has 1 aromatic carbocycles. The van der Waals surface area contributed by atoms with Crippen molar-refractivity contribution < 1.29 is 36.0 Å². The molecule has 11 heteroatoms. The van der Waals surface area contributed by atoms with Crippen molar-refractivity contribution in [2.75, 3.05) is 5.32 Å². The molecule has 140 valence electrons. The van der Waals surface area contributed by atoms with Crippen LogP contribution in [0.25, 0.3) is 0 Å². The van der Waals surface area contributed by atoms with Crippen LogP contribution in [0.2, 0.25) is 0 Å². The Bertz CT molecular complexity index is 908. The minimum Gasteiger partial charge on any atom is -0.449 e. The van der Waals surface area contributed by atoms with Crippen molar-refractivity contribution in [3.05, 3.63) is 41.7 Å². The first kappa shape index (κ1) is 19.5. The fourth-order valence-corrected chi connectivity index (χ4v) is 2.54. The quantitative estimate of drug-likeness (QED) is 0.754. The van der Waals surface area contributed by atoms with E-state index in [1.54, 1.807) is 6.92 Å². The van der Waals surface area contributed by atoms with Crippen molar-refractivity contribution >= 4 is 27.5 Å². The number of aromatic nitrogens is 1. The Morgan fingerprint density at radius 3 is 2.35 bits per heavy atom. The molecule has 26 heavy (non-hydrogen) atoms. The van der Waals surface area contributed by atoms with Gasteiger partial charge in [-0.05, 0) is 38.1 Å². The van der Waals surface area contributed by atoms with Gasteiger partial charge in [-0.3, -0.25) is 4.79 Å². The van der Waals surface area contributed by atoms with Gasteiger partial charge in [0.15, 0.2) is 11.9 Å². The molecule has 0 aliphatic rings. The highest BCUT2D eigenvalue weighted by Gasteiger charge is 2.27. The first-order valence-corrected chi connectivity index (χ1v) is 8.73. The molecule has 0 aliphatic heterocycles. The molecule has 0 saturated carbocycles. The van der Waals surface area contributed by atoms with Gasteiger partial charge in [-0.2, -0.15) is 8.78 Å². The van der Waals surface area contributed by atoms with Crippen molar-refractivity contribution in [1.29, 1.82) is 0 Å². The second kappa shape index (κ2) is 7.60. The molecule has 0 bridgehead atoms. The number of hydrogen-bond donors (Lipinski definition) is 1. The second-order valence-corrected chi connectivity index (χ2v) is 7.11. The zero-order valence-electron chi connectivity index (χ0n) is 13.6. The molecule has 1 aromatic heterocycles. The van der Waals surface area contributed by atoms with Crippen LogP contribution in [0.4, 0.5) is 14.6 Å². The Morgan fingerprint density at radius 2 is 1.85 bits per heavy atom. The molecule has 2 aromatic rings. The third-order valence-electron chi connectivity index (χ3n) is 3.19. The van der Waals surface area contributed by atoms with Crippen LogP contribution in [-0.4, -0.2) is 37.3 Å². The number of hydrogen-bond acceptors (Lipinski definition) is 7. The monoisotopic (exact) mass is 388 g/mol. The number of sulfone groups is 1. The molecule has 0 spiro atoms. The topological polar surface area (TPSA) is 116 Å². The van der Waals surface area contributed by atoms with Gasteiger partial charge in [0.2, 0.25) is 9.84 Å². The smallest absolute Gasteiger partial charge is 0.341 e. The second-order valence-electron chi connectivity index (χ2n) is 5.19. The highest BCUT2D eigenvalue weighted by molar-refractivity contribution is 7.91. The normalized spacial score (nSPS) is 12.7. The lowest BCUT2D eigenvalue weighted by Crippen LogP contribution is -2.30. The zero-order valence-corrected chi connectivity index (χ0v) is 14.4. The van der Waals surface area contributed by atoms with Gasteiger partial charge in [-0.15, -0.1) is 0 Å². The van der Waals surface area contributed by atoms with Crippen LogP contribution < -0.4 is 5.32 Å². The number of anilines is 1. The van der Waals surface area contributed by atoms with E-state index in [1.165, 1.54) is 13.0 Å². The van der Waals surface area contributed by atoms with Gasteiger partial charge < -0.3 is 14.6 Å². The van der Waals surface area contributed by atoms with Crippen LogP contribution in [0, 0.1) is 6.92 Å². The van der Waals surface area contributed by atoms with Crippen LogP contribution in [0.1, 0.15) is 23.0 Å². The Labute approximate surface area is 147 Å². The molecule has 0 aliphatic carbocycles. The van der Waals surface area contributed by atoms with Crippen molar-refractivity contribution in [2.24, 2.45) is 0 Å². The fourth-order valence-electron chi connectivity index (χ4n) is 1.82. The number of halogens is 2. The van der Waals surface area contributed by atoms with Crippen LogP contribution in [0.5, 0.6) is 0 Å². The summed E-state index contributed by atoms with van der Waals surface area (Å²) in [7, 11) is -4.75. The average Bonchev–Trinajstić information content (AvgIpc) is 2.99. The number of benzene rings is 1. The summed E-state index contributed by atoms with van der Waals surface area (Å²) in [5.74, 6) is -4.53. The van der Waals surface area contributed by atoms with Crippen LogP contribution >= 0.6 is 0 Å². The molecule has 1 amide bonds. The van der Waals surface area contributed by atoms with Crippen molar-refractivity contribution in [2.45, 2.75) is 30.6 Å². The minimum atomic E-state index is -4.75. The summed E-state index contributed by atoms with van der Waals surface area (Å²) in [5, 5.41) is 5.93. The number of carbonyl (C=O) groups excluding carboxylic acids is 2. The van der Waals surface area contributed by atoms with Gasteiger partial charge in [-0.1, -0.05) is 5.16 Å². The molecule has 2 rings (SSSR count). The van der Waals surface area contributed by atoms with E-state index in [0.29, 0.717) is 5.76 Å². The average molecular weight is 388 g/mol. The lowest BCUT2D eigenvalue weighted by molar-refractivity contribution is -0.123. The first-order chi connectivity index (χ1) is 12.1. The Kier molecular flexibility index (Phi) is 5.70. The first-order valence-electron chi connectivity index (χ1n) is 7.18. The molecule has 1 N–H and O–H groups in total. The van der Waals surface area contributed by atoms with Gasteiger partial charge in [-0.25, -0.2) is 13.2 Å². The maximum Gasteiger partial charge on any atom is 0.341 e. The predicted octanol–water partition coefficient (Wildman–Crippen LogP) is 2.16. The van der Waals surface area contributed by atoms with Crippen molar-refractivity contribution in [1.82, 2.24) is 5.16 Å². The summed E-state index contributed by atoms with van der Waals surface area (Å²) in [6.07, 6.45) is -1.19. The SMILES string of the molecule is Cc1cc(NC(=O)[C@H](C)OC(=O)c2ccc(S(=O)(=O)C(F)F)cc2)no1. The molecular weight excluding hydrogens is 374 g/mol. The van der Waals surface area contributed by atoms with Gasteiger partial charge >= 0.3 is 11.7 Å².